The number of aryl methyl sites for hydroxylation is 2. The van der Waals surface area contributed by atoms with Gasteiger partial charge in [-0.1, -0.05) is 24.9 Å². The second kappa shape index (κ2) is 8.38. The number of hydrogen-bond acceptors (Lipinski definition) is 2. The van der Waals surface area contributed by atoms with Crippen LogP contribution in [0.4, 0.5) is 0 Å². The zero-order chi connectivity index (χ0) is 14.3. The Hall–Kier alpha value is -0.810. The number of nitrogens with zero attached hydrogens (tertiary/aromatic N) is 2. The fourth-order valence-corrected chi connectivity index (χ4v) is 2.10. The Labute approximate surface area is 125 Å². The van der Waals surface area contributed by atoms with E-state index < -0.39 is 0 Å². The van der Waals surface area contributed by atoms with Crippen LogP contribution in [-0.4, -0.2) is 28.0 Å². The second-order valence-electron chi connectivity index (χ2n) is 4.60. The first-order valence-electron chi connectivity index (χ1n) is 6.77. The molecule has 0 aromatic carbocycles. The standard InChI is InChI=1S/C13H23ClN4S/c1-4-5-7-15-13(19)16-8-6-9-18-11(3)12(14)10(2)17-18/h4-9H2,1-3H3,(H2,15,16,19). The highest BCUT2D eigenvalue weighted by atomic mass is 35.5. The number of thiocarbonyl (C=S) groups is 1. The molecule has 108 valence electrons. The van der Waals surface area contributed by atoms with Crippen molar-refractivity contribution in [3.8, 4) is 0 Å². The summed E-state index contributed by atoms with van der Waals surface area (Å²) in [5.41, 5.74) is 1.92. The molecule has 0 atom stereocenters. The molecule has 1 aromatic heterocycles. The number of unbranched alkanes of at least 4 members (excludes halogenated alkanes) is 1. The first-order valence-corrected chi connectivity index (χ1v) is 7.56. The molecule has 4 nitrogen and oxygen atoms in total. The van der Waals surface area contributed by atoms with Gasteiger partial charge in [0.25, 0.3) is 0 Å². The zero-order valence-electron chi connectivity index (χ0n) is 11.9. The predicted octanol–water partition coefficient (Wildman–Crippen LogP) is 2.81. The minimum absolute atomic E-state index is 0.736. The maximum Gasteiger partial charge on any atom is 0.166 e. The first kappa shape index (κ1) is 16.2. The minimum Gasteiger partial charge on any atom is -0.363 e. The summed E-state index contributed by atoms with van der Waals surface area (Å²) in [6.07, 6.45) is 3.29. The lowest BCUT2D eigenvalue weighted by atomic mass is 10.3. The Bertz CT molecular complexity index is 417. The maximum absolute atomic E-state index is 6.10. The van der Waals surface area contributed by atoms with Crippen LogP contribution < -0.4 is 10.6 Å². The lowest BCUT2D eigenvalue weighted by Crippen LogP contribution is -2.36. The molecule has 2 N–H and O–H groups in total. The summed E-state index contributed by atoms with van der Waals surface area (Å²) in [7, 11) is 0. The van der Waals surface area contributed by atoms with Crippen LogP contribution in [0.25, 0.3) is 0 Å². The van der Waals surface area contributed by atoms with Crippen LogP contribution in [0.1, 0.15) is 37.6 Å². The van der Waals surface area contributed by atoms with Gasteiger partial charge in [0.05, 0.1) is 16.4 Å². The summed E-state index contributed by atoms with van der Waals surface area (Å²) in [5.74, 6) is 0. The van der Waals surface area contributed by atoms with Crippen molar-refractivity contribution < 1.29 is 0 Å². The van der Waals surface area contributed by atoms with Crippen LogP contribution >= 0.6 is 23.8 Å². The van der Waals surface area contributed by atoms with E-state index in [0.717, 1.165) is 54.0 Å². The largest absolute Gasteiger partial charge is 0.363 e. The Morgan fingerprint density at radius 3 is 2.42 bits per heavy atom. The van der Waals surface area contributed by atoms with Crippen LogP contribution in [0, 0.1) is 13.8 Å². The van der Waals surface area contributed by atoms with Crippen molar-refractivity contribution in [2.24, 2.45) is 0 Å². The molecule has 1 rings (SSSR count). The van der Waals surface area contributed by atoms with Gasteiger partial charge in [-0.3, -0.25) is 4.68 Å². The van der Waals surface area contributed by atoms with Crippen molar-refractivity contribution in [3.63, 3.8) is 0 Å². The fourth-order valence-electron chi connectivity index (χ4n) is 1.76. The molecule has 0 spiro atoms. The van der Waals surface area contributed by atoms with Gasteiger partial charge in [-0.15, -0.1) is 0 Å². The minimum atomic E-state index is 0.736. The van der Waals surface area contributed by atoms with Crippen molar-refractivity contribution in [2.45, 2.75) is 46.6 Å². The van der Waals surface area contributed by atoms with Crippen LogP contribution in [-0.2, 0) is 6.54 Å². The van der Waals surface area contributed by atoms with Crippen molar-refractivity contribution in [1.82, 2.24) is 20.4 Å². The molecule has 1 aromatic rings. The fraction of sp³-hybridized carbons (Fsp3) is 0.692. The summed E-state index contributed by atoms with van der Waals surface area (Å²) < 4.78 is 1.95. The Kier molecular flexibility index (Phi) is 7.16. The highest BCUT2D eigenvalue weighted by Crippen LogP contribution is 2.18. The average Bonchev–Trinajstić information content (AvgIpc) is 2.63. The Morgan fingerprint density at radius 2 is 1.89 bits per heavy atom. The lowest BCUT2D eigenvalue weighted by Gasteiger charge is -2.10. The highest BCUT2D eigenvalue weighted by molar-refractivity contribution is 7.80. The topological polar surface area (TPSA) is 41.9 Å². The molecule has 0 amide bonds. The van der Waals surface area contributed by atoms with Crippen molar-refractivity contribution in [2.75, 3.05) is 13.1 Å². The molecule has 0 unspecified atom stereocenters. The molecule has 19 heavy (non-hydrogen) atoms. The van der Waals surface area contributed by atoms with E-state index in [9.17, 15) is 0 Å². The zero-order valence-corrected chi connectivity index (χ0v) is 13.5. The molecule has 0 bridgehead atoms. The van der Waals surface area contributed by atoms with Gasteiger partial charge in [0.1, 0.15) is 0 Å². The summed E-state index contributed by atoms with van der Waals surface area (Å²) >= 11 is 11.3. The highest BCUT2D eigenvalue weighted by Gasteiger charge is 2.08. The molecular weight excluding hydrogens is 280 g/mol. The molecule has 0 aliphatic rings. The molecule has 0 saturated carbocycles. The number of aromatic nitrogens is 2. The summed E-state index contributed by atoms with van der Waals surface area (Å²) in [4.78, 5) is 0. The van der Waals surface area contributed by atoms with Gasteiger partial charge in [-0.25, -0.2) is 0 Å². The van der Waals surface area contributed by atoms with E-state index in [1.54, 1.807) is 0 Å². The van der Waals surface area contributed by atoms with Crippen LogP contribution in [0.3, 0.4) is 0 Å². The smallest absolute Gasteiger partial charge is 0.166 e. The third-order valence-corrected chi connectivity index (χ3v) is 3.78. The summed E-state index contributed by atoms with van der Waals surface area (Å²) in [5, 5.41) is 12.3. The number of nitrogens with one attached hydrogen (secondary N) is 2. The van der Waals surface area contributed by atoms with Crippen molar-refractivity contribution in [1.29, 1.82) is 0 Å². The van der Waals surface area contributed by atoms with Crippen LogP contribution in [0.2, 0.25) is 5.02 Å². The monoisotopic (exact) mass is 302 g/mol. The third kappa shape index (κ3) is 5.37. The SMILES string of the molecule is CCCCNC(=S)NCCCn1nc(C)c(Cl)c1C. The predicted molar refractivity (Wildman–Crippen MR) is 84.8 cm³/mol. The van der Waals surface area contributed by atoms with Crippen LogP contribution in [0.5, 0.6) is 0 Å². The van der Waals surface area contributed by atoms with Gasteiger partial charge in [0.2, 0.25) is 0 Å². The van der Waals surface area contributed by atoms with Gasteiger partial charge >= 0.3 is 0 Å². The average molecular weight is 303 g/mol. The maximum atomic E-state index is 6.10. The molecule has 0 radical (unpaired) electrons. The van der Waals surface area contributed by atoms with Crippen molar-refractivity contribution in [3.05, 3.63) is 16.4 Å². The van der Waals surface area contributed by atoms with Crippen LogP contribution in [0.15, 0.2) is 0 Å². The molecule has 0 aliphatic heterocycles. The first-order chi connectivity index (χ1) is 9.06. The van der Waals surface area contributed by atoms with E-state index >= 15 is 0 Å². The normalized spacial score (nSPS) is 10.5. The summed E-state index contributed by atoms with van der Waals surface area (Å²) in [6, 6.07) is 0. The van der Waals surface area contributed by atoms with E-state index in [1.165, 1.54) is 6.42 Å². The quantitative estimate of drug-likeness (QED) is 0.600. The number of rotatable bonds is 7. The van der Waals surface area contributed by atoms with Gasteiger partial charge < -0.3 is 10.6 Å². The molecule has 0 saturated heterocycles. The number of hydrogen-bond donors (Lipinski definition) is 2. The molecule has 0 fully saturated rings. The van der Waals surface area contributed by atoms with Crippen molar-refractivity contribution >= 4 is 28.9 Å². The van der Waals surface area contributed by atoms with Gasteiger partial charge in [0.15, 0.2) is 5.11 Å². The third-order valence-electron chi connectivity index (χ3n) is 2.94. The lowest BCUT2D eigenvalue weighted by molar-refractivity contribution is 0.556. The van der Waals surface area contributed by atoms with E-state index in [1.807, 2.05) is 18.5 Å². The molecule has 0 aliphatic carbocycles. The molecular formula is C13H23ClN4S. The van der Waals surface area contributed by atoms with E-state index in [4.69, 9.17) is 23.8 Å². The second-order valence-corrected chi connectivity index (χ2v) is 5.38. The Balaban J connectivity index is 2.20. The van der Waals surface area contributed by atoms with E-state index in [-0.39, 0.29) is 0 Å². The van der Waals surface area contributed by atoms with E-state index in [2.05, 4.69) is 22.7 Å². The van der Waals surface area contributed by atoms with E-state index in [0.29, 0.717) is 0 Å². The molecule has 6 heteroatoms. The summed E-state index contributed by atoms with van der Waals surface area (Å²) in [6.45, 7) is 8.72. The van der Waals surface area contributed by atoms with Gasteiger partial charge in [-0.05, 0) is 38.9 Å². The Morgan fingerprint density at radius 1 is 1.26 bits per heavy atom. The van der Waals surface area contributed by atoms with Gasteiger partial charge in [-0.2, -0.15) is 5.10 Å². The molecule has 1 heterocycles. The number of halogens is 1. The van der Waals surface area contributed by atoms with Gasteiger partial charge in [0, 0.05) is 19.6 Å².